The van der Waals surface area contributed by atoms with E-state index < -0.39 is 8.25 Å². The van der Waals surface area contributed by atoms with Gasteiger partial charge in [-0.2, -0.15) is 0 Å². The highest BCUT2D eigenvalue weighted by Crippen LogP contribution is 2.18. The Labute approximate surface area is 61.5 Å². The van der Waals surface area contributed by atoms with Gasteiger partial charge in [-0.15, -0.1) is 0 Å². The molecule has 0 aromatic carbocycles. The van der Waals surface area contributed by atoms with Crippen molar-refractivity contribution in [3.05, 3.63) is 0 Å². The van der Waals surface area contributed by atoms with Gasteiger partial charge in [0.05, 0.1) is 0 Å². The molecular formula is C5H13O4P. The highest BCUT2D eigenvalue weighted by Gasteiger charge is 1.83. The van der Waals surface area contributed by atoms with E-state index in [2.05, 4.69) is 9.05 Å². The Morgan fingerprint density at radius 1 is 1.20 bits per heavy atom. The summed E-state index contributed by atoms with van der Waals surface area (Å²) in [5.41, 5.74) is 0. The van der Waals surface area contributed by atoms with Crippen LogP contribution in [0.4, 0.5) is 0 Å². The molecule has 0 unspecified atom stereocenters. The molecule has 0 saturated heterocycles. The van der Waals surface area contributed by atoms with Crippen molar-refractivity contribution >= 4 is 14.0 Å². The number of carbonyl (C=O) groups excluding carboxylic acids is 1. The normalized spacial score (nSPS) is 8.50. The summed E-state index contributed by atoms with van der Waals surface area (Å²) in [6, 6.07) is 0. The van der Waals surface area contributed by atoms with Crippen molar-refractivity contribution in [1.82, 2.24) is 0 Å². The number of carbonyl (C=O) groups is 1. The summed E-state index contributed by atoms with van der Waals surface area (Å²) in [6.45, 7) is 3.06. The molecular weight excluding hydrogens is 155 g/mol. The predicted molar refractivity (Wildman–Crippen MR) is 39.4 cm³/mol. The molecule has 0 spiro atoms. The van der Waals surface area contributed by atoms with Crippen LogP contribution in [0.15, 0.2) is 0 Å². The molecule has 62 valence electrons. The van der Waals surface area contributed by atoms with Gasteiger partial charge in [0.15, 0.2) is 0 Å². The molecule has 0 aromatic heterocycles. The Hall–Kier alpha value is -0.180. The van der Waals surface area contributed by atoms with Gasteiger partial charge in [-0.1, -0.05) is 0 Å². The Morgan fingerprint density at radius 2 is 1.40 bits per heavy atom. The molecule has 4 nitrogen and oxygen atoms in total. The molecule has 0 saturated carbocycles. The molecule has 0 heterocycles. The van der Waals surface area contributed by atoms with Gasteiger partial charge in [0.1, 0.15) is 5.78 Å². The van der Waals surface area contributed by atoms with Crippen molar-refractivity contribution in [3.8, 4) is 0 Å². The van der Waals surface area contributed by atoms with Crippen LogP contribution in [0.2, 0.25) is 0 Å². The minimum absolute atomic E-state index is 0.167. The molecule has 0 amide bonds. The van der Waals surface area contributed by atoms with Crippen LogP contribution in [0.1, 0.15) is 13.8 Å². The summed E-state index contributed by atoms with van der Waals surface area (Å²) in [5, 5.41) is 0. The maximum atomic E-state index is 9.92. The smallest absolute Gasteiger partial charge is 0.314 e. The van der Waals surface area contributed by atoms with E-state index in [9.17, 15) is 9.36 Å². The average Bonchev–Trinajstić information content (AvgIpc) is 1.85. The predicted octanol–water partition coefficient (Wildman–Crippen LogP) is 1.26. The first-order valence-corrected chi connectivity index (χ1v) is 3.86. The lowest BCUT2D eigenvalue weighted by Crippen LogP contribution is -1.69. The lowest BCUT2D eigenvalue weighted by Gasteiger charge is -1.89. The van der Waals surface area contributed by atoms with Gasteiger partial charge in [-0.05, 0) is 13.8 Å². The molecule has 0 fully saturated rings. The topological polar surface area (TPSA) is 52.6 Å². The maximum Gasteiger partial charge on any atom is 0.318 e. The fraction of sp³-hybridized carbons (Fsp3) is 0.800. The fourth-order valence-corrected chi connectivity index (χ4v) is 0.250. The highest BCUT2D eigenvalue weighted by atomic mass is 31.1. The Kier molecular flexibility index (Phi) is 11.0. The van der Waals surface area contributed by atoms with Gasteiger partial charge in [-0.25, -0.2) is 0 Å². The van der Waals surface area contributed by atoms with Gasteiger partial charge < -0.3 is 13.8 Å². The van der Waals surface area contributed by atoms with Gasteiger partial charge in [0, 0.05) is 14.2 Å². The second-order valence-corrected chi connectivity index (χ2v) is 2.88. The van der Waals surface area contributed by atoms with E-state index in [1.165, 1.54) is 28.1 Å². The van der Waals surface area contributed by atoms with Crippen LogP contribution >= 0.6 is 8.25 Å². The monoisotopic (exact) mass is 168 g/mol. The van der Waals surface area contributed by atoms with E-state index in [1.807, 2.05) is 0 Å². The van der Waals surface area contributed by atoms with E-state index in [-0.39, 0.29) is 5.78 Å². The molecule has 0 bridgehead atoms. The Bertz CT molecular complexity index is 102. The molecule has 0 atom stereocenters. The summed E-state index contributed by atoms with van der Waals surface area (Å²) in [4.78, 5) is 9.44. The third-order valence-electron chi connectivity index (χ3n) is 0.333. The number of rotatable bonds is 2. The van der Waals surface area contributed by atoms with Gasteiger partial charge in [0.2, 0.25) is 0 Å². The molecule has 10 heavy (non-hydrogen) atoms. The summed E-state index contributed by atoms with van der Waals surface area (Å²) in [6.07, 6.45) is 0. The van der Waals surface area contributed by atoms with E-state index >= 15 is 0 Å². The van der Waals surface area contributed by atoms with Crippen LogP contribution in [-0.2, 0) is 18.4 Å². The fourth-order valence-electron chi connectivity index (χ4n) is 0.0833. The number of ketones is 1. The molecule has 0 radical (unpaired) electrons. The van der Waals surface area contributed by atoms with Gasteiger partial charge in [0.25, 0.3) is 0 Å². The standard InChI is InChI=1S/C3H6O.C2H7O3P/c1-3(2)4;1-4-6(3)5-2/h1-2H3;6H,1-2H3. The third kappa shape index (κ3) is 24.9. The number of hydrogen-bond donors (Lipinski definition) is 0. The summed E-state index contributed by atoms with van der Waals surface area (Å²) < 4.78 is 18.4. The van der Waals surface area contributed by atoms with Crippen molar-refractivity contribution in [2.45, 2.75) is 13.8 Å². The molecule has 0 aliphatic carbocycles. The van der Waals surface area contributed by atoms with Crippen LogP contribution in [0.5, 0.6) is 0 Å². The molecule has 0 N–H and O–H groups in total. The number of Topliss-reactive ketones (excluding diaryl/α,β-unsaturated/α-hetero) is 1. The quantitative estimate of drug-likeness (QED) is 0.582. The van der Waals surface area contributed by atoms with Crippen molar-refractivity contribution in [2.75, 3.05) is 14.2 Å². The second-order valence-electron chi connectivity index (χ2n) is 1.57. The summed E-state index contributed by atoms with van der Waals surface area (Å²) in [5.74, 6) is 0.167. The largest absolute Gasteiger partial charge is 0.318 e. The van der Waals surface area contributed by atoms with E-state index in [0.29, 0.717) is 0 Å². The van der Waals surface area contributed by atoms with Gasteiger partial charge in [-0.3, -0.25) is 4.57 Å². The van der Waals surface area contributed by atoms with Crippen LogP contribution in [0.25, 0.3) is 0 Å². The third-order valence-corrected chi connectivity index (χ3v) is 1.00. The average molecular weight is 168 g/mol. The number of hydrogen-bond acceptors (Lipinski definition) is 4. The first-order chi connectivity index (χ1) is 4.54. The van der Waals surface area contributed by atoms with Crippen LogP contribution in [0.3, 0.4) is 0 Å². The molecule has 0 aliphatic heterocycles. The van der Waals surface area contributed by atoms with Crippen molar-refractivity contribution in [3.63, 3.8) is 0 Å². The van der Waals surface area contributed by atoms with E-state index in [4.69, 9.17) is 0 Å². The minimum atomic E-state index is -2.12. The molecule has 5 heteroatoms. The summed E-state index contributed by atoms with van der Waals surface area (Å²) in [7, 11) is 0.558. The lowest BCUT2D eigenvalue weighted by molar-refractivity contribution is -0.114. The maximum absolute atomic E-state index is 9.92. The Balaban J connectivity index is 0. The van der Waals surface area contributed by atoms with Gasteiger partial charge >= 0.3 is 8.25 Å². The van der Waals surface area contributed by atoms with Crippen molar-refractivity contribution in [2.24, 2.45) is 0 Å². The summed E-state index contributed by atoms with van der Waals surface area (Å²) >= 11 is 0. The highest BCUT2D eigenvalue weighted by molar-refractivity contribution is 7.33. The molecule has 0 rings (SSSR count). The van der Waals surface area contributed by atoms with E-state index in [1.54, 1.807) is 0 Å². The molecule has 0 aromatic rings. The second kappa shape index (κ2) is 8.82. The van der Waals surface area contributed by atoms with Crippen LogP contribution in [0, 0.1) is 0 Å². The van der Waals surface area contributed by atoms with Crippen molar-refractivity contribution in [1.29, 1.82) is 0 Å². The van der Waals surface area contributed by atoms with E-state index in [0.717, 1.165) is 0 Å². The lowest BCUT2D eigenvalue weighted by atomic mass is 10.6. The van der Waals surface area contributed by atoms with Crippen LogP contribution < -0.4 is 0 Å². The zero-order chi connectivity index (χ0) is 8.57. The van der Waals surface area contributed by atoms with Crippen LogP contribution in [-0.4, -0.2) is 20.0 Å². The Morgan fingerprint density at radius 3 is 1.40 bits per heavy atom. The SMILES string of the molecule is CC(C)=O.CO[PH](=O)OC. The minimum Gasteiger partial charge on any atom is -0.314 e. The first-order valence-electron chi connectivity index (χ1n) is 2.63. The zero-order valence-electron chi connectivity index (χ0n) is 6.63. The first kappa shape index (κ1) is 12.5. The van der Waals surface area contributed by atoms with Crippen molar-refractivity contribution < 1.29 is 18.4 Å². The molecule has 0 aliphatic rings. The zero-order valence-corrected chi connectivity index (χ0v) is 7.63.